The quantitative estimate of drug-likeness (QED) is 0.840. The zero-order valence-electron chi connectivity index (χ0n) is 14.3. The van der Waals surface area contributed by atoms with Crippen LogP contribution < -0.4 is 15.6 Å². The third-order valence-electron chi connectivity index (χ3n) is 4.50. The van der Waals surface area contributed by atoms with Crippen LogP contribution in [0.15, 0.2) is 23.3 Å². The maximum atomic E-state index is 12.4. The van der Waals surface area contributed by atoms with Crippen molar-refractivity contribution in [2.45, 2.75) is 25.8 Å². The van der Waals surface area contributed by atoms with Crippen molar-refractivity contribution in [3.8, 4) is 0 Å². The van der Waals surface area contributed by atoms with Crippen LogP contribution in [0, 0.1) is 0 Å². The second-order valence-electron chi connectivity index (χ2n) is 6.44. The summed E-state index contributed by atoms with van der Waals surface area (Å²) >= 11 is 12.0. The fourth-order valence-electron chi connectivity index (χ4n) is 3.06. The zero-order valence-corrected chi connectivity index (χ0v) is 15.8. The first-order chi connectivity index (χ1) is 12.0. The summed E-state index contributed by atoms with van der Waals surface area (Å²) in [6, 6.07) is 5.75. The molecule has 1 amide bonds. The minimum atomic E-state index is -0.0107. The van der Waals surface area contributed by atoms with Crippen LogP contribution in [0.4, 0.5) is 5.69 Å². The molecule has 0 radical (unpaired) electrons. The van der Waals surface area contributed by atoms with E-state index in [0.29, 0.717) is 41.4 Å². The Morgan fingerprint density at radius 2 is 2.20 bits per heavy atom. The van der Waals surface area contributed by atoms with Gasteiger partial charge in [0.15, 0.2) is 0 Å². The lowest BCUT2D eigenvalue weighted by Crippen LogP contribution is -2.45. The van der Waals surface area contributed by atoms with Crippen LogP contribution >= 0.6 is 23.2 Å². The summed E-state index contributed by atoms with van der Waals surface area (Å²) in [6.07, 6.45) is 1.76. The molecular formula is C17H23Cl2N5O. The highest BCUT2D eigenvalue weighted by Gasteiger charge is 2.22. The van der Waals surface area contributed by atoms with Crippen molar-refractivity contribution < 1.29 is 4.79 Å². The first kappa shape index (κ1) is 18.5. The molecule has 1 aromatic carbocycles. The van der Waals surface area contributed by atoms with Crippen molar-refractivity contribution in [3.63, 3.8) is 0 Å². The SMILES string of the molecule is C[C@H]1CNCCCN1CC(=O)NC1=NN(c2ccc(Cl)c(Cl)c2)CC1. The van der Waals surface area contributed by atoms with Crippen molar-refractivity contribution in [1.29, 1.82) is 0 Å². The molecule has 6 nitrogen and oxygen atoms in total. The number of hydrogen-bond acceptors (Lipinski definition) is 5. The number of nitrogens with zero attached hydrogens (tertiary/aromatic N) is 3. The Bertz CT molecular complexity index is 666. The number of nitrogens with one attached hydrogen (secondary N) is 2. The molecule has 0 unspecified atom stereocenters. The lowest BCUT2D eigenvalue weighted by Gasteiger charge is -2.25. The molecule has 1 saturated heterocycles. The summed E-state index contributed by atoms with van der Waals surface area (Å²) in [7, 11) is 0. The average Bonchev–Trinajstić information content (AvgIpc) is 2.94. The van der Waals surface area contributed by atoms with E-state index in [1.807, 2.05) is 11.1 Å². The summed E-state index contributed by atoms with van der Waals surface area (Å²) in [5, 5.41) is 13.7. The summed E-state index contributed by atoms with van der Waals surface area (Å²) in [5.74, 6) is 0.681. The molecule has 3 rings (SSSR count). The normalized spacial score (nSPS) is 21.8. The molecule has 0 saturated carbocycles. The number of amidine groups is 1. The maximum Gasteiger partial charge on any atom is 0.239 e. The van der Waals surface area contributed by atoms with Gasteiger partial charge in [0.05, 0.1) is 22.3 Å². The molecule has 1 fully saturated rings. The van der Waals surface area contributed by atoms with E-state index in [2.05, 4.69) is 27.6 Å². The first-order valence-electron chi connectivity index (χ1n) is 8.57. The number of rotatable bonds is 3. The zero-order chi connectivity index (χ0) is 17.8. The lowest BCUT2D eigenvalue weighted by atomic mass is 10.2. The molecule has 1 aromatic rings. The Kier molecular flexibility index (Phi) is 6.17. The van der Waals surface area contributed by atoms with Gasteiger partial charge in [-0.3, -0.25) is 14.7 Å². The molecule has 2 N–H and O–H groups in total. The van der Waals surface area contributed by atoms with E-state index in [1.54, 1.807) is 12.1 Å². The molecule has 25 heavy (non-hydrogen) atoms. The molecule has 0 spiro atoms. The minimum absolute atomic E-state index is 0.0107. The highest BCUT2D eigenvalue weighted by Crippen LogP contribution is 2.28. The Hall–Kier alpha value is -1.34. The molecule has 0 bridgehead atoms. The van der Waals surface area contributed by atoms with E-state index in [0.717, 1.165) is 31.7 Å². The maximum absolute atomic E-state index is 12.4. The summed E-state index contributed by atoms with van der Waals surface area (Å²) in [5.41, 5.74) is 0.867. The highest BCUT2D eigenvalue weighted by atomic mass is 35.5. The third kappa shape index (κ3) is 4.85. The van der Waals surface area contributed by atoms with Gasteiger partial charge in [-0.25, -0.2) is 0 Å². The van der Waals surface area contributed by atoms with Gasteiger partial charge in [-0.1, -0.05) is 23.2 Å². The average molecular weight is 384 g/mol. The van der Waals surface area contributed by atoms with Gasteiger partial charge >= 0.3 is 0 Å². The molecule has 0 aliphatic carbocycles. The third-order valence-corrected chi connectivity index (χ3v) is 5.23. The summed E-state index contributed by atoms with van der Waals surface area (Å²) in [6.45, 7) is 6.10. The Morgan fingerprint density at radius 3 is 3.00 bits per heavy atom. The van der Waals surface area contributed by atoms with Crippen LogP contribution in [0.2, 0.25) is 10.0 Å². The fourth-order valence-corrected chi connectivity index (χ4v) is 3.36. The van der Waals surface area contributed by atoms with Gasteiger partial charge in [-0.15, -0.1) is 0 Å². The van der Waals surface area contributed by atoms with Crippen LogP contribution in [0.25, 0.3) is 0 Å². The molecule has 2 heterocycles. The number of hydrazone groups is 1. The Morgan fingerprint density at radius 1 is 1.36 bits per heavy atom. The standard InChI is InChI=1S/C17H23Cl2N5O/c1-12-10-20-6-2-7-23(12)11-17(25)21-16-5-8-24(22-16)13-3-4-14(18)15(19)9-13/h3-4,9,12,20H,2,5-8,10-11H2,1H3,(H,21,22,25)/t12-/m0/s1. The van der Waals surface area contributed by atoms with Crippen LogP contribution in [-0.4, -0.2) is 55.4 Å². The van der Waals surface area contributed by atoms with Gasteiger partial charge in [-0.05, 0) is 38.1 Å². The van der Waals surface area contributed by atoms with Crippen molar-refractivity contribution >= 4 is 40.6 Å². The molecular weight excluding hydrogens is 361 g/mol. The minimum Gasteiger partial charge on any atom is -0.315 e. The number of halogens is 2. The monoisotopic (exact) mass is 383 g/mol. The van der Waals surface area contributed by atoms with Gasteiger partial charge < -0.3 is 10.6 Å². The molecule has 136 valence electrons. The van der Waals surface area contributed by atoms with E-state index in [9.17, 15) is 4.79 Å². The predicted octanol–water partition coefficient (Wildman–Crippen LogP) is 2.32. The molecule has 1 atom stereocenters. The van der Waals surface area contributed by atoms with Crippen molar-refractivity contribution in [1.82, 2.24) is 15.5 Å². The van der Waals surface area contributed by atoms with Crippen LogP contribution in [0.5, 0.6) is 0 Å². The number of benzene rings is 1. The van der Waals surface area contributed by atoms with E-state index >= 15 is 0 Å². The molecule has 2 aliphatic heterocycles. The van der Waals surface area contributed by atoms with Crippen LogP contribution in [0.3, 0.4) is 0 Å². The van der Waals surface area contributed by atoms with Crippen LogP contribution in [0.1, 0.15) is 19.8 Å². The van der Waals surface area contributed by atoms with Crippen molar-refractivity contribution in [2.75, 3.05) is 37.7 Å². The van der Waals surface area contributed by atoms with E-state index in [4.69, 9.17) is 23.2 Å². The summed E-state index contributed by atoms with van der Waals surface area (Å²) < 4.78 is 0. The van der Waals surface area contributed by atoms with E-state index in [1.165, 1.54) is 0 Å². The highest BCUT2D eigenvalue weighted by molar-refractivity contribution is 6.42. The van der Waals surface area contributed by atoms with E-state index < -0.39 is 0 Å². The second kappa shape index (κ2) is 8.36. The lowest BCUT2D eigenvalue weighted by molar-refractivity contribution is -0.121. The number of carbonyl (C=O) groups excluding carboxylic acids is 1. The Labute approximate surface area is 158 Å². The second-order valence-corrected chi connectivity index (χ2v) is 7.26. The number of amides is 1. The summed E-state index contributed by atoms with van der Waals surface area (Å²) in [4.78, 5) is 14.6. The number of hydrogen-bond donors (Lipinski definition) is 2. The van der Waals surface area contributed by atoms with E-state index in [-0.39, 0.29) is 5.91 Å². The van der Waals surface area contributed by atoms with Gasteiger partial charge in [0.2, 0.25) is 5.91 Å². The van der Waals surface area contributed by atoms with Crippen molar-refractivity contribution in [3.05, 3.63) is 28.2 Å². The first-order valence-corrected chi connectivity index (χ1v) is 9.33. The van der Waals surface area contributed by atoms with Gasteiger partial charge in [0.1, 0.15) is 5.84 Å². The molecule has 8 heteroatoms. The number of carbonyl (C=O) groups is 1. The van der Waals surface area contributed by atoms with Crippen LogP contribution in [-0.2, 0) is 4.79 Å². The van der Waals surface area contributed by atoms with Crippen molar-refractivity contribution in [2.24, 2.45) is 5.10 Å². The largest absolute Gasteiger partial charge is 0.315 e. The fraction of sp³-hybridized carbons (Fsp3) is 0.529. The topological polar surface area (TPSA) is 60.0 Å². The Balaban J connectivity index is 1.57. The number of anilines is 1. The van der Waals surface area contributed by atoms with Gasteiger partial charge in [0, 0.05) is 32.1 Å². The molecule has 0 aromatic heterocycles. The molecule has 2 aliphatic rings. The van der Waals surface area contributed by atoms with Gasteiger partial charge in [-0.2, -0.15) is 5.10 Å². The van der Waals surface area contributed by atoms with Gasteiger partial charge in [0.25, 0.3) is 0 Å². The predicted molar refractivity (Wildman–Crippen MR) is 103 cm³/mol. The smallest absolute Gasteiger partial charge is 0.239 e.